The van der Waals surface area contributed by atoms with Crippen molar-refractivity contribution in [1.82, 2.24) is 0 Å². The molecule has 0 spiro atoms. The number of methoxy groups -OCH3 is 3. The third-order valence-electron chi connectivity index (χ3n) is 2.62. The molecule has 0 aliphatic carbocycles. The van der Waals surface area contributed by atoms with Crippen LogP contribution in [0.2, 0.25) is 0 Å². The number of nitro benzene ring substituents is 1. The molecule has 108 valence electrons. The second kappa shape index (κ2) is 6.50. The Hall–Kier alpha value is -2.64. The van der Waals surface area contributed by atoms with E-state index in [4.69, 9.17) is 4.74 Å². The van der Waals surface area contributed by atoms with Crippen LogP contribution in [0.5, 0.6) is 5.75 Å². The van der Waals surface area contributed by atoms with E-state index < -0.39 is 28.5 Å². The molecule has 1 aromatic rings. The smallest absolute Gasteiger partial charge is 0.324 e. The van der Waals surface area contributed by atoms with Gasteiger partial charge in [0, 0.05) is 0 Å². The summed E-state index contributed by atoms with van der Waals surface area (Å²) in [6.07, 6.45) is 0. The molecule has 1 rings (SSSR count). The average Bonchev–Trinajstić information content (AvgIpc) is 2.46. The highest BCUT2D eigenvalue weighted by Gasteiger charge is 2.36. The number of nitro groups is 1. The van der Waals surface area contributed by atoms with Crippen molar-refractivity contribution in [3.8, 4) is 5.75 Å². The summed E-state index contributed by atoms with van der Waals surface area (Å²) >= 11 is 0. The fourth-order valence-electron chi connectivity index (χ4n) is 1.64. The summed E-state index contributed by atoms with van der Waals surface area (Å²) in [6.45, 7) is 0. The summed E-state index contributed by atoms with van der Waals surface area (Å²) in [5.41, 5.74) is -0.542. The van der Waals surface area contributed by atoms with Gasteiger partial charge in [-0.15, -0.1) is 0 Å². The fraction of sp³-hybridized carbons (Fsp3) is 0.333. The van der Waals surface area contributed by atoms with Crippen LogP contribution in [0, 0.1) is 10.1 Å². The van der Waals surface area contributed by atoms with Crippen molar-refractivity contribution in [1.29, 1.82) is 0 Å². The number of carbonyl (C=O) groups is 2. The molecule has 8 heteroatoms. The van der Waals surface area contributed by atoms with E-state index in [-0.39, 0.29) is 11.3 Å². The Balaban J connectivity index is 3.43. The molecule has 0 radical (unpaired) electrons. The molecule has 0 fully saturated rings. The van der Waals surface area contributed by atoms with Gasteiger partial charge in [0.2, 0.25) is 0 Å². The van der Waals surface area contributed by atoms with Crippen molar-refractivity contribution in [3.63, 3.8) is 0 Å². The monoisotopic (exact) mass is 283 g/mol. The van der Waals surface area contributed by atoms with Gasteiger partial charge in [0.05, 0.1) is 37.9 Å². The highest BCUT2D eigenvalue weighted by atomic mass is 16.6. The highest BCUT2D eigenvalue weighted by molar-refractivity contribution is 6.01. The molecule has 0 saturated heterocycles. The molecule has 0 N–H and O–H groups in total. The van der Waals surface area contributed by atoms with Crippen LogP contribution in [0.25, 0.3) is 0 Å². The molecule has 20 heavy (non-hydrogen) atoms. The average molecular weight is 283 g/mol. The van der Waals surface area contributed by atoms with E-state index in [0.29, 0.717) is 0 Å². The molecule has 1 aromatic carbocycles. The first-order valence-corrected chi connectivity index (χ1v) is 5.44. The van der Waals surface area contributed by atoms with Gasteiger partial charge in [-0.2, -0.15) is 0 Å². The Bertz CT molecular complexity index is 525. The summed E-state index contributed by atoms with van der Waals surface area (Å²) in [6, 6.07) is 3.78. The Labute approximate surface area is 114 Å². The molecule has 0 aliphatic rings. The third kappa shape index (κ3) is 3.02. The minimum absolute atomic E-state index is 0.116. The van der Waals surface area contributed by atoms with E-state index in [2.05, 4.69) is 9.47 Å². The number of nitrogens with zero attached hydrogens (tertiary/aromatic N) is 1. The number of ether oxygens (including phenoxy) is 3. The molecular weight excluding hydrogens is 270 g/mol. The summed E-state index contributed by atoms with van der Waals surface area (Å²) in [7, 11) is 3.50. The van der Waals surface area contributed by atoms with Gasteiger partial charge in [0.25, 0.3) is 5.69 Å². The molecule has 0 heterocycles. The molecule has 0 unspecified atom stereocenters. The Morgan fingerprint density at radius 2 is 1.70 bits per heavy atom. The maximum atomic E-state index is 11.7. The third-order valence-corrected chi connectivity index (χ3v) is 2.62. The Morgan fingerprint density at radius 3 is 2.10 bits per heavy atom. The summed E-state index contributed by atoms with van der Waals surface area (Å²) in [4.78, 5) is 33.7. The predicted octanol–water partition coefficient (Wildman–Crippen LogP) is 1.03. The van der Waals surface area contributed by atoms with Crippen LogP contribution < -0.4 is 4.74 Å². The fourth-order valence-corrected chi connectivity index (χ4v) is 1.64. The predicted molar refractivity (Wildman–Crippen MR) is 66.4 cm³/mol. The van der Waals surface area contributed by atoms with Gasteiger partial charge < -0.3 is 14.2 Å². The normalized spacial score (nSPS) is 10.0. The number of benzene rings is 1. The van der Waals surface area contributed by atoms with Gasteiger partial charge in [-0.3, -0.25) is 19.7 Å². The van der Waals surface area contributed by atoms with Crippen LogP contribution >= 0.6 is 0 Å². The minimum Gasteiger partial charge on any atom is -0.497 e. The second-order valence-electron chi connectivity index (χ2n) is 3.66. The van der Waals surface area contributed by atoms with Gasteiger partial charge in [-0.05, 0) is 12.1 Å². The van der Waals surface area contributed by atoms with Crippen LogP contribution in [0.4, 0.5) is 5.69 Å². The van der Waals surface area contributed by atoms with E-state index in [1.807, 2.05) is 0 Å². The number of esters is 2. The van der Waals surface area contributed by atoms with Gasteiger partial charge in [-0.1, -0.05) is 0 Å². The lowest BCUT2D eigenvalue weighted by molar-refractivity contribution is -0.385. The Morgan fingerprint density at radius 1 is 1.15 bits per heavy atom. The topological polar surface area (TPSA) is 105 Å². The number of hydrogen-bond donors (Lipinski definition) is 0. The molecule has 0 aliphatic heterocycles. The maximum Gasteiger partial charge on any atom is 0.324 e. The van der Waals surface area contributed by atoms with Crippen LogP contribution in [0.1, 0.15) is 11.5 Å². The molecular formula is C12H13NO7. The lowest BCUT2D eigenvalue weighted by Crippen LogP contribution is -2.25. The van der Waals surface area contributed by atoms with Gasteiger partial charge in [-0.25, -0.2) is 0 Å². The van der Waals surface area contributed by atoms with Gasteiger partial charge in [0.1, 0.15) is 5.75 Å². The molecule has 0 atom stereocenters. The number of carbonyl (C=O) groups excluding carboxylic acids is 2. The molecule has 0 aromatic heterocycles. The summed E-state index contributed by atoms with van der Waals surface area (Å²) in [5.74, 6) is -3.17. The van der Waals surface area contributed by atoms with E-state index in [9.17, 15) is 19.7 Å². The standard InChI is InChI=1S/C12H13NO7/c1-18-7-4-5-8(9(6-7)13(16)17)10(11(14)19-2)12(15)20-3/h4-6,10H,1-3H3. The highest BCUT2D eigenvalue weighted by Crippen LogP contribution is 2.31. The van der Waals surface area contributed by atoms with Crippen LogP contribution in [0.3, 0.4) is 0 Å². The second-order valence-corrected chi connectivity index (χ2v) is 3.66. The number of rotatable bonds is 5. The zero-order chi connectivity index (χ0) is 15.3. The first-order valence-electron chi connectivity index (χ1n) is 5.44. The SMILES string of the molecule is COC(=O)C(C(=O)OC)c1ccc(OC)cc1[N+](=O)[O-]. The summed E-state index contributed by atoms with van der Waals surface area (Å²) < 4.78 is 13.9. The van der Waals surface area contributed by atoms with Crippen LogP contribution in [-0.4, -0.2) is 38.2 Å². The minimum atomic E-state index is -1.52. The van der Waals surface area contributed by atoms with Crippen molar-refractivity contribution in [2.45, 2.75) is 5.92 Å². The molecule has 0 amide bonds. The van der Waals surface area contributed by atoms with Crippen LogP contribution in [0.15, 0.2) is 18.2 Å². The van der Waals surface area contributed by atoms with Crippen molar-refractivity contribution < 1.29 is 28.7 Å². The largest absolute Gasteiger partial charge is 0.497 e. The molecule has 0 bridgehead atoms. The lowest BCUT2D eigenvalue weighted by Gasteiger charge is -2.13. The first kappa shape index (κ1) is 15.4. The van der Waals surface area contributed by atoms with Crippen molar-refractivity contribution in [3.05, 3.63) is 33.9 Å². The van der Waals surface area contributed by atoms with E-state index in [1.165, 1.54) is 19.2 Å². The van der Waals surface area contributed by atoms with E-state index >= 15 is 0 Å². The van der Waals surface area contributed by atoms with E-state index in [0.717, 1.165) is 20.3 Å². The Kier molecular flexibility index (Phi) is 5.01. The zero-order valence-electron chi connectivity index (χ0n) is 11.1. The summed E-state index contributed by atoms with van der Waals surface area (Å²) in [5, 5.41) is 11.1. The molecule has 0 saturated carbocycles. The van der Waals surface area contributed by atoms with Crippen molar-refractivity contribution in [2.24, 2.45) is 0 Å². The zero-order valence-corrected chi connectivity index (χ0v) is 11.1. The maximum absolute atomic E-state index is 11.7. The number of hydrogen-bond acceptors (Lipinski definition) is 7. The van der Waals surface area contributed by atoms with E-state index in [1.54, 1.807) is 0 Å². The van der Waals surface area contributed by atoms with Crippen molar-refractivity contribution in [2.75, 3.05) is 21.3 Å². The molecule has 8 nitrogen and oxygen atoms in total. The lowest BCUT2D eigenvalue weighted by atomic mass is 9.97. The quantitative estimate of drug-likeness (QED) is 0.344. The van der Waals surface area contributed by atoms with Gasteiger partial charge in [0.15, 0.2) is 5.92 Å². The first-order chi connectivity index (χ1) is 9.46. The van der Waals surface area contributed by atoms with Crippen molar-refractivity contribution >= 4 is 17.6 Å². The van der Waals surface area contributed by atoms with Gasteiger partial charge >= 0.3 is 11.9 Å². The van der Waals surface area contributed by atoms with Crippen LogP contribution in [-0.2, 0) is 19.1 Å².